The lowest BCUT2D eigenvalue weighted by Crippen LogP contribution is -2.45. The number of phosphoric acid groups is 1. The molecule has 0 bridgehead atoms. The quantitative estimate of drug-likeness (QED) is 0.0272. The Morgan fingerprint density at radius 2 is 0.767 bits per heavy atom. The maximum Gasteiger partial charge on any atom is 0.268 e. The molecule has 3 unspecified atom stereocenters. The molecular weight excluding hydrogens is 924 g/mol. The molecule has 9 heteroatoms. The summed E-state index contributed by atoms with van der Waals surface area (Å²) in [4.78, 5) is 25.6. The number of aliphatic hydroxyl groups excluding tert-OH is 1. The van der Waals surface area contributed by atoms with Crippen LogP contribution in [0.4, 0.5) is 0 Å². The van der Waals surface area contributed by atoms with E-state index >= 15 is 0 Å². The predicted octanol–water partition coefficient (Wildman–Crippen LogP) is 19.1. The van der Waals surface area contributed by atoms with Crippen molar-refractivity contribution in [3.63, 3.8) is 0 Å². The Balaban J connectivity index is 4.17. The molecule has 0 radical (unpaired) electrons. The van der Waals surface area contributed by atoms with Gasteiger partial charge >= 0.3 is 0 Å². The number of aliphatic hydroxyl groups is 1. The second-order valence-electron chi connectivity index (χ2n) is 23.1. The third-order valence-electron chi connectivity index (χ3n) is 14.6. The van der Waals surface area contributed by atoms with Gasteiger partial charge in [-0.05, 0) is 57.8 Å². The first kappa shape index (κ1) is 71.7. The fourth-order valence-corrected chi connectivity index (χ4v) is 10.3. The highest BCUT2D eigenvalue weighted by Gasteiger charge is 2.23. The van der Waals surface area contributed by atoms with Crippen LogP contribution < -0.4 is 10.2 Å². The Morgan fingerprint density at radius 3 is 1.11 bits per heavy atom. The lowest BCUT2D eigenvalue weighted by Gasteiger charge is -2.29. The highest BCUT2D eigenvalue weighted by atomic mass is 31.2. The summed E-state index contributed by atoms with van der Waals surface area (Å²) in [5.74, 6) is -0.204. The van der Waals surface area contributed by atoms with E-state index in [1.165, 1.54) is 257 Å². The Labute approximate surface area is 455 Å². The summed E-state index contributed by atoms with van der Waals surface area (Å²) >= 11 is 0. The molecule has 0 saturated heterocycles. The van der Waals surface area contributed by atoms with Gasteiger partial charge in [-0.25, -0.2) is 0 Å². The lowest BCUT2D eigenvalue weighted by molar-refractivity contribution is -0.870. The van der Waals surface area contributed by atoms with Crippen LogP contribution in [0.1, 0.15) is 316 Å². The number of rotatable bonds is 59. The number of amides is 1. The van der Waals surface area contributed by atoms with E-state index < -0.39 is 26.6 Å². The number of likely N-dealkylation sites (N-methyl/N-ethyl adjacent to an activating group) is 1. The van der Waals surface area contributed by atoms with Gasteiger partial charge in [0.15, 0.2) is 0 Å². The standard InChI is InChI=1S/C64H125N2O6P/c1-6-8-10-12-14-16-18-20-22-24-26-28-30-32-34-36-38-40-42-44-46-48-50-52-54-56-58-64(68)65-62(61-72-73(69,70)71-60-59-66(3,4)5)63(67)57-55-53-51-49-47-45-43-41-39-37-35-33-31-29-27-25-23-21-19-17-15-13-11-9-7-2/h32,34,47,49,55,57,62-63,67H,6-31,33,35-46,48,50-54,56,58-61H2,1-5H3,(H-,65,68,69,70)/b34-32-,49-47+,57-55+. The number of nitrogens with one attached hydrogen (secondary N) is 1. The molecule has 0 aliphatic heterocycles. The van der Waals surface area contributed by atoms with Crippen LogP contribution in [0.15, 0.2) is 36.5 Å². The monoisotopic (exact) mass is 1050 g/mol. The lowest BCUT2D eigenvalue weighted by atomic mass is 10.0. The Bertz CT molecular complexity index is 1280. The zero-order valence-electron chi connectivity index (χ0n) is 49.4. The molecule has 0 fully saturated rings. The third-order valence-corrected chi connectivity index (χ3v) is 15.5. The first-order chi connectivity index (χ1) is 35.5. The predicted molar refractivity (Wildman–Crippen MR) is 316 cm³/mol. The van der Waals surface area contributed by atoms with E-state index in [9.17, 15) is 19.4 Å². The smallest absolute Gasteiger partial charge is 0.268 e. The highest BCUT2D eigenvalue weighted by molar-refractivity contribution is 7.45. The molecule has 73 heavy (non-hydrogen) atoms. The highest BCUT2D eigenvalue weighted by Crippen LogP contribution is 2.38. The van der Waals surface area contributed by atoms with Crippen molar-refractivity contribution >= 4 is 13.7 Å². The van der Waals surface area contributed by atoms with E-state index in [4.69, 9.17) is 9.05 Å². The van der Waals surface area contributed by atoms with E-state index in [2.05, 4.69) is 43.5 Å². The summed E-state index contributed by atoms with van der Waals surface area (Å²) < 4.78 is 23.4. The van der Waals surface area contributed by atoms with Crippen molar-refractivity contribution in [2.24, 2.45) is 0 Å². The fourth-order valence-electron chi connectivity index (χ4n) is 9.58. The number of carbonyl (C=O) groups excluding carboxylic acids is 1. The second kappa shape index (κ2) is 55.5. The van der Waals surface area contributed by atoms with Gasteiger partial charge in [-0.3, -0.25) is 9.36 Å². The van der Waals surface area contributed by atoms with Crippen LogP contribution in [0.25, 0.3) is 0 Å². The third kappa shape index (κ3) is 58.2. The van der Waals surface area contributed by atoms with E-state index in [1.807, 2.05) is 27.2 Å². The molecule has 0 saturated carbocycles. The molecule has 8 nitrogen and oxygen atoms in total. The molecular formula is C64H125N2O6P. The van der Waals surface area contributed by atoms with Crippen molar-refractivity contribution in [1.29, 1.82) is 0 Å². The van der Waals surface area contributed by atoms with Crippen LogP contribution in [0, 0.1) is 0 Å². The van der Waals surface area contributed by atoms with Crippen molar-refractivity contribution in [3.05, 3.63) is 36.5 Å². The number of unbranched alkanes of at least 4 members (excludes halogenated alkanes) is 42. The SMILES string of the molecule is CCCCCCCCCCCCCC/C=C\CCCCCCCCCCCCC(=O)NC(COP(=O)([O-])OCC[N+](C)(C)C)C(O)/C=C/CC/C=C/CCCCCCCCCCCCCCCCCCCCC. The fraction of sp³-hybridized carbons (Fsp3) is 0.891. The summed E-state index contributed by atoms with van der Waals surface area (Å²) in [5.41, 5.74) is 0. The van der Waals surface area contributed by atoms with Crippen LogP contribution in [0.3, 0.4) is 0 Å². The summed E-state index contributed by atoms with van der Waals surface area (Å²) in [6.45, 7) is 4.68. The van der Waals surface area contributed by atoms with Crippen LogP contribution >= 0.6 is 7.82 Å². The molecule has 0 aromatic rings. The molecule has 432 valence electrons. The minimum atomic E-state index is -4.61. The largest absolute Gasteiger partial charge is 0.756 e. The maximum atomic E-state index is 13.0. The Kier molecular flexibility index (Phi) is 54.5. The molecule has 0 aromatic carbocycles. The zero-order chi connectivity index (χ0) is 53.5. The average Bonchev–Trinajstić information content (AvgIpc) is 3.35. The van der Waals surface area contributed by atoms with Gasteiger partial charge in [0.1, 0.15) is 13.2 Å². The number of allylic oxidation sites excluding steroid dienone is 5. The van der Waals surface area contributed by atoms with Crippen LogP contribution in [0.2, 0.25) is 0 Å². The van der Waals surface area contributed by atoms with Crippen molar-refractivity contribution in [3.8, 4) is 0 Å². The second-order valence-corrected chi connectivity index (χ2v) is 24.5. The van der Waals surface area contributed by atoms with Crippen molar-refractivity contribution in [2.75, 3.05) is 40.9 Å². The summed E-state index contributed by atoms with van der Waals surface area (Å²) in [6, 6.07) is -0.905. The summed E-state index contributed by atoms with van der Waals surface area (Å²) in [6.07, 6.45) is 72.5. The molecule has 1 amide bonds. The molecule has 0 rings (SSSR count). The molecule has 0 aromatic heterocycles. The molecule has 0 aliphatic rings. The van der Waals surface area contributed by atoms with Gasteiger partial charge < -0.3 is 28.8 Å². The molecule has 0 spiro atoms. The van der Waals surface area contributed by atoms with Gasteiger partial charge in [0.05, 0.1) is 39.9 Å². The maximum absolute atomic E-state index is 13.0. The summed E-state index contributed by atoms with van der Waals surface area (Å²) in [5, 5.41) is 13.9. The number of hydrogen-bond donors (Lipinski definition) is 2. The molecule has 2 N–H and O–H groups in total. The number of quaternary nitrogens is 1. The van der Waals surface area contributed by atoms with E-state index in [0.29, 0.717) is 17.4 Å². The summed E-state index contributed by atoms with van der Waals surface area (Å²) in [7, 11) is 1.25. The van der Waals surface area contributed by atoms with Gasteiger partial charge in [-0.2, -0.15) is 0 Å². The normalized spacial score (nSPS) is 14.0. The Hall–Kier alpha value is -1.28. The van der Waals surface area contributed by atoms with Crippen LogP contribution in [-0.2, 0) is 18.4 Å². The number of phosphoric ester groups is 1. The van der Waals surface area contributed by atoms with E-state index in [1.54, 1.807) is 6.08 Å². The van der Waals surface area contributed by atoms with Gasteiger partial charge in [-0.1, -0.05) is 288 Å². The van der Waals surface area contributed by atoms with Crippen molar-refractivity contribution in [2.45, 2.75) is 328 Å². The number of hydrogen-bond acceptors (Lipinski definition) is 6. The molecule has 0 heterocycles. The molecule has 0 aliphatic carbocycles. The van der Waals surface area contributed by atoms with E-state index in [0.717, 1.165) is 38.5 Å². The number of nitrogens with zero attached hydrogens (tertiary/aromatic N) is 1. The van der Waals surface area contributed by atoms with Crippen molar-refractivity contribution in [1.82, 2.24) is 5.32 Å². The zero-order valence-corrected chi connectivity index (χ0v) is 50.3. The van der Waals surface area contributed by atoms with Crippen LogP contribution in [0.5, 0.6) is 0 Å². The topological polar surface area (TPSA) is 108 Å². The average molecular weight is 1050 g/mol. The van der Waals surface area contributed by atoms with Crippen LogP contribution in [-0.4, -0.2) is 68.5 Å². The first-order valence-corrected chi connectivity index (χ1v) is 33.3. The van der Waals surface area contributed by atoms with Crippen molar-refractivity contribution < 1.29 is 32.9 Å². The first-order valence-electron chi connectivity index (χ1n) is 31.9. The van der Waals surface area contributed by atoms with Gasteiger partial charge in [-0.15, -0.1) is 0 Å². The van der Waals surface area contributed by atoms with Gasteiger partial charge in [0.2, 0.25) is 5.91 Å². The van der Waals surface area contributed by atoms with E-state index in [-0.39, 0.29) is 12.5 Å². The van der Waals surface area contributed by atoms with Gasteiger partial charge in [0, 0.05) is 6.42 Å². The van der Waals surface area contributed by atoms with Gasteiger partial charge in [0.25, 0.3) is 7.82 Å². The minimum absolute atomic E-state index is 0.00569. The molecule has 3 atom stereocenters. The Morgan fingerprint density at radius 1 is 0.466 bits per heavy atom. The number of carbonyl (C=O) groups is 1. The minimum Gasteiger partial charge on any atom is -0.756 e.